The van der Waals surface area contributed by atoms with Crippen molar-refractivity contribution in [2.45, 2.75) is 71.4 Å². The number of hydrogen-bond donors (Lipinski definition) is 2. The Morgan fingerprint density at radius 1 is 1.22 bits per heavy atom. The molecule has 0 spiro atoms. The van der Waals surface area contributed by atoms with Gasteiger partial charge in [-0.1, -0.05) is 52.3 Å². The molecule has 0 bridgehead atoms. The number of nitrogens with one attached hydrogen (secondary N) is 2. The summed E-state index contributed by atoms with van der Waals surface area (Å²) in [7, 11) is 0. The maximum Gasteiger partial charge on any atom is 0.573 e. The molecule has 7 heteroatoms. The predicted molar refractivity (Wildman–Crippen MR) is 98.0 cm³/mol. The van der Waals surface area contributed by atoms with Crippen molar-refractivity contribution in [2.24, 2.45) is 11.8 Å². The first-order valence-electron chi connectivity index (χ1n) is 9.49. The predicted octanol–water partition coefficient (Wildman–Crippen LogP) is 4.91. The van der Waals surface area contributed by atoms with Gasteiger partial charge in [0.2, 0.25) is 5.91 Å². The summed E-state index contributed by atoms with van der Waals surface area (Å²) in [5.74, 6) is 0.278. The molecular formula is C20H29F3N2O2. The van der Waals surface area contributed by atoms with Crippen LogP contribution in [0.1, 0.15) is 65.1 Å². The van der Waals surface area contributed by atoms with Crippen LogP contribution in [0.5, 0.6) is 5.75 Å². The molecule has 1 aliphatic rings. The fourth-order valence-corrected chi connectivity index (χ4v) is 3.57. The zero-order chi connectivity index (χ0) is 20.2. The second-order valence-corrected chi connectivity index (χ2v) is 7.87. The summed E-state index contributed by atoms with van der Waals surface area (Å²) in [6.07, 6.45) is -2.35. The van der Waals surface area contributed by atoms with E-state index in [0.717, 1.165) is 12.8 Å². The molecule has 1 heterocycles. The van der Waals surface area contributed by atoms with Crippen LogP contribution in [0.4, 0.5) is 13.2 Å². The third-order valence-electron chi connectivity index (χ3n) is 5.10. The van der Waals surface area contributed by atoms with Gasteiger partial charge < -0.3 is 10.1 Å². The van der Waals surface area contributed by atoms with E-state index >= 15 is 0 Å². The Morgan fingerprint density at radius 3 is 2.48 bits per heavy atom. The van der Waals surface area contributed by atoms with Gasteiger partial charge in [0.05, 0.1) is 5.54 Å². The molecule has 1 amide bonds. The van der Waals surface area contributed by atoms with Gasteiger partial charge in [-0.25, -0.2) is 0 Å². The standard InChI is InChI=1S/C20H29F3N2O2/c1-5-14(4)10-11-19(12-13(2)3)18(26)24-17(25-19)15-8-6-7-9-16(15)27-20(21,22)23/h6-9,13-14,17,25H,5,10-12H2,1-4H3,(H,24,26). The summed E-state index contributed by atoms with van der Waals surface area (Å²) in [6.45, 7) is 8.32. The molecule has 1 saturated heterocycles. The molecule has 152 valence electrons. The number of hydrogen-bond acceptors (Lipinski definition) is 3. The summed E-state index contributed by atoms with van der Waals surface area (Å²) in [6, 6.07) is 5.91. The second kappa shape index (κ2) is 8.50. The molecule has 0 radical (unpaired) electrons. The monoisotopic (exact) mass is 386 g/mol. The summed E-state index contributed by atoms with van der Waals surface area (Å²) in [4.78, 5) is 12.9. The average Bonchev–Trinajstić information content (AvgIpc) is 2.87. The lowest BCUT2D eigenvalue weighted by Crippen LogP contribution is -2.48. The Bertz CT molecular complexity index is 648. The van der Waals surface area contributed by atoms with E-state index in [2.05, 4.69) is 29.2 Å². The first-order chi connectivity index (χ1) is 12.6. The molecule has 0 aliphatic carbocycles. The lowest BCUT2D eigenvalue weighted by molar-refractivity contribution is -0.275. The van der Waals surface area contributed by atoms with E-state index < -0.39 is 18.1 Å². The molecule has 1 aromatic carbocycles. The summed E-state index contributed by atoms with van der Waals surface area (Å²) in [5, 5.41) is 6.14. The van der Waals surface area contributed by atoms with Crippen molar-refractivity contribution in [1.29, 1.82) is 0 Å². The highest BCUT2D eigenvalue weighted by Gasteiger charge is 2.47. The van der Waals surface area contributed by atoms with Crippen molar-refractivity contribution in [1.82, 2.24) is 10.6 Å². The molecular weight excluding hydrogens is 357 g/mol. The fourth-order valence-electron chi connectivity index (χ4n) is 3.57. The first kappa shape index (κ1) is 21.5. The molecule has 1 aromatic rings. The smallest absolute Gasteiger partial charge is 0.405 e. The maximum atomic E-state index is 12.9. The average molecular weight is 386 g/mol. The molecule has 27 heavy (non-hydrogen) atoms. The quantitative estimate of drug-likeness (QED) is 0.667. The van der Waals surface area contributed by atoms with Crippen LogP contribution in [0.3, 0.4) is 0 Å². The Morgan fingerprint density at radius 2 is 1.89 bits per heavy atom. The van der Waals surface area contributed by atoms with E-state index in [9.17, 15) is 18.0 Å². The SMILES string of the molecule is CCC(C)CCC1(CC(C)C)NC(c2ccccc2OC(F)(F)F)NC1=O. The number of carbonyl (C=O) groups is 1. The molecule has 1 aliphatic heterocycles. The van der Waals surface area contributed by atoms with Gasteiger partial charge in [0, 0.05) is 5.56 Å². The number of carbonyl (C=O) groups excluding carboxylic acids is 1. The lowest BCUT2D eigenvalue weighted by Gasteiger charge is -2.30. The summed E-state index contributed by atoms with van der Waals surface area (Å²) in [5.41, 5.74) is -0.509. The van der Waals surface area contributed by atoms with E-state index in [4.69, 9.17) is 0 Å². The van der Waals surface area contributed by atoms with Crippen LogP contribution in [0.15, 0.2) is 24.3 Å². The third kappa shape index (κ3) is 5.61. The van der Waals surface area contributed by atoms with Crippen LogP contribution >= 0.6 is 0 Å². The topological polar surface area (TPSA) is 50.4 Å². The highest BCUT2D eigenvalue weighted by Crippen LogP contribution is 2.36. The molecule has 2 N–H and O–H groups in total. The van der Waals surface area contributed by atoms with Gasteiger partial charge in [0.25, 0.3) is 0 Å². The van der Waals surface area contributed by atoms with Gasteiger partial charge in [-0.2, -0.15) is 0 Å². The minimum Gasteiger partial charge on any atom is -0.405 e. The third-order valence-corrected chi connectivity index (χ3v) is 5.10. The molecule has 3 unspecified atom stereocenters. The van der Waals surface area contributed by atoms with E-state index in [1.165, 1.54) is 12.1 Å². The van der Waals surface area contributed by atoms with Gasteiger partial charge in [0.15, 0.2) is 0 Å². The molecule has 4 nitrogen and oxygen atoms in total. The molecule has 0 saturated carbocycles. The number of rotatable bonds is 8. The fraction of sp³-hybridized carbons (Fsp3) is 0.650. The van der Waals surface area contributed by atoms with E-state index in [1.54, 1.807) is 12.1 Å². The van der Waals surface area contributed by atoms with Crippen LogP contribution in [0.25, 0.3) is 0 Å². The van der Waals surface area contributed by atoms with Gasteiger partial charge in [0.1, 0.15) is 11.9 Å². The zero-order valence-corrected chi connectivity index (χ0v) is 16.3. The minimum absolute atomic E-state index is 0.161. The number of benzene rings is 1. The van der Waals surface area contributed by atoms with Gasteiger partial charge in [-0.3, -0.25) is 10.1 Å². The Kier molecular flexibility index (Phi) is 6.78. The second-order valence-electron chi connectivity index (χ2n) is 7.87. The normalized spacial score (nSPS) is 24.1. The van der Waals surface area contributed by atoms with Crippen LogP contribution in [0, 0.1) is 11.8 Å². The Labute approximate surface area is 158 Å². The number of alkyl halides is 3. The number of halogens is 3. The summed E-state index contributed by atoms with van der Waals surface area (Å²) < 4.78 is 42.3. The van der Waals surface area contributed by atoms with E-state index in [1.807, 2.05) is 13.8 Å². The van der Waals surface area contributed by atoms with Crippen molar-refractivity contribution < 1.29 is 22.7 Å². The molecule has 0 aromatic heterocycles. The first-order valence-corrected chi connectivity index (χ1v) is 9.49. The van der Waals surface area contributed by atoms with Crippen molar-refractivity contribution in [3.63, 3.8) is 0 Å². The lowest BCUT2D eigenvalue weighted by atomic mass is 9.82. The number of amides is 1. The van der Waals surface area contributed by atoms with Crippen LogP contribution in [-0.2, 0) is 4.79 Å². The highest BCUT2D eigenvalue weighted by atomic mass is 19.4. The minimum atomic E-state index is -4.79. The van der Waals surface area contributed by atoms with Gasteiger partial charge in [-0.15, -0.1) is 13.2 Å². The molecule has 1 fully saturated rings. The van der Waals surface area contributed by atoms with Crippen LogP contribution in [0.2, 0.25) is 0 Å². The van der Waals surface area contributed by atoms with E-state index in [-0.39, 0.29) is 23.1 Å². The maximum absolute atomic E-state index is 12.9. The number of para-hydroxylation sites is 1. The van der Waals surface area contributed by atoms with Crippen molar-refractivity contribution in [3.05, 3.63) is 29.8 Å². The largest absolute Gasteiger partial charge is 0.573 e. The van der Waals surface area contributed by atoms with Crippen molar-refractivity contribution >= 4 is 5.91 Å². The highest BCUT2D eigenvalue weighted by molar-refractivity contribution is 5.89. The summed E-state index contributed by atoms with van der Waals surface area (Å²) >= 11 is 0. The van der Waals surface area contributed by atoms with Crippen LogP contribution < -0.4 is 15.4 Å². The van der Waals surface area contributed by atoms with Gasteiger partial charge in [-0.05, 0) is 37.2 Å². The van der Waals surface area contributed by atoms with Crippen molar-refractivity contribution in [2.75, 3.05) is 0 Å². The van der Waals surface area contributed by atoms with Crippen molar-refractivity contribution in [3.8, 4) is 5.75 Å². The number of ether oxygens (including phenoxy) is 1. The molecule has 3 atom stereocenters. The Balaban J connectivity index is 2.28. The van der Waals surface area contributed by atoms with Gasteiger partial charge >= 0.3 is 6.36 Å². The molecule has 2 rings (SSSR count). The Hall–Kier alpha value is -1.76. The zero-order valence-electron chi connectivity index (χ0n) is 16.3. The van der Waals surface area contributed by atoms with Crippen LogP contribution in [-0.4, -0.2) is 17.8 Å². The van der Waals surface area contributed by atoms with E-state index in [0.29, 0.717) is 18.8 Å².